The molecule has 1 aromatic rings. The molecule has 0 saturated carbocycles. The Morgan fingerprint density at radius 1 is 1.38 bits per heavy atom. The normalized spacial score (nSPS) is 23.5. The van der Waals surface area contributed by atoms with Crippen LogP contribution in [0.5, 0.6) is 0 Å². The highest BCUT2D eigenvalue weighted by molar-refractivity contribution is 7.89. The molecule has 1 saturated heterocycles. The Morgan fingerprint density at radius 3 is 2.84 bits per heavy atom. The molecular weight excluding hydrogens is 502 g/mol. The van der Waals surface area contributed by atoms with Crippen molar-refractivity contribution < 1.29 is 23.4 Å². The molecule has 2 aliphatic rings. The van der Waals surface area contributed by atoms with Gasteiger partial charge in [0.15, 0.2) is 5.03 Å². The smallest absolute Gasteiger partial charge is 0.320 e. The number of nitro groups is 1. The van der Waals surface area contributed by atoms with Crippen LogP contribution in [0.25, 0.3) is 0 Å². The van der Waals surface area contributed by atoms with Crippen LogP contribution in [0.2, 0.25) is 0 Å². The number of piperidine rings is 1. The van der Waals surface area contributed by atoms with E-state index in [0.717, 1.165) is 18.4 Å². The van der Waals surface area contributed by atoms with Crippen LogP contribution in [0.1, 0.15) is 45.1 Å². The van der Waals surface area contributed by atoms with Crippen molar-refractivity contribution in [1.29, 1.82) is 0 Å². The number of carboxylic acid groups (broad SMARTS) is 1. The molecule has 2 aliphatic heterocycles. The molecule has 0 bridgehead atoms. The average molecular weight is 540 g/mol. The lowest BCUT2D eigenvalue weighted by Crippen LogP contribution is -2.52. The fourth-order valence-electron chi connectivity index (χ4n) is 4.98. The third-order valence-corrected chi connectivity index (χ3v) is 8.40. The zero-order chi connectivity index (χ0) is 27.2. The Bertz CT molecular complexity index is 1110. The van der Waals surface area contributed by atoms with E-state index in [1.54, 1.807) is 17.6 Å². The van der Waals surface area contributed by atoms with Gasteiger partial charge in [-0.3, -0.25) is 9.69 Å². The number of carboxylic acids is 1. The van der Waals surface area contributed by atoms with Crippen molar-refractivity contribution in [1.82, 2.24) is 15.0 Å². The lowest BCUT2D eigenvalue weighted by molar-refractivity contribution is -0.525. The number of fused-ring (bicyclic) bond motifs is 1. The fraction of sp³-hybridized carbons (Fsp3) is 0.652. The molecule has 4 atom stereocenters. The first-order chi connectivity index (χ1) is 17.5. The van der Waals surface area contributed by atoms with Crippen LogP contribution in [0.4, 0.5) is 5.69 Å². The molecule has 2 heterocycles. The number of sulfonamides is 1. The van der Waals surface area contributed by atoms with Crippen LogP contribution in [-0.2, 0) is 21.2 Å². The van der Waals surface area contributed by atoms with E-state index in [1.165, 1.54) is 0 Å². The Hall–Kier alpha value is -2.97. The highest BCUT2D eigenvalue weighted by Gasteiger charge is 2.34. The Morgan fingerprint density at radius 2 is 2.14 bits per heavy atom. The summed E-state index contributed by atoms with van der Waals surface area (Å²) < 4.78 is 29.9. The predicted octanol–water partition coefficient (Wildman–Crippen LogP) is 0.999. The predicted molar refractivity (Wildman–Crippen MR) is 139 cm³/mol. The number of carbonyl (C=O) groups is 1. The molecule has 13 nitrogen and oxygen atoms in total. The molecule has 0 aromatic heterocycles. The Kier molecular flexibility index (Phi) is 9.68. The number of nitrogens with zero attached hydrogens (tertiary/aromatic N) is 3. The number of hydrogen-bond acceptors (Lipinski definition) is 8. The van der Waals surface area contributed by atoms with Gasteiger partial charge in [-0.2, -0.15) is 0 Å². The number of anilines is 1. The van der Waals surface area contributed by atoms with Crippen molar-refractivity contribution in [3.05, 3.63) is 33.9 Å². The standard InChI is InChI=1S/C23H37N7O6S/c1-15-8-10-29(19(12-15)22(31)32)14-18(6-4-9-25-23(24)27-30(33)34)28-37(35,36)20-7-3-5-17-11-16(2)13-26-21(17)20/h3,5,7,15-16,18-19,26,28H,4,6,8-14H2,1-2H3,(H,31,32)(H3,24,25,27). The molecular formula is C23H37N7O6S. The van der Waals surface area contributed by atoms with Crippen LogP contribution in [0.3, 0.4) is 0 Å². The molecule has 1 aromatic carbocycles. The summed E-state index contributed by atoms with van der Waals surface area (Å²) >= 11 is 0. The number of guanidine groups is 1. The van der Waals surface area contributed by atoms with Crippen molar-refractivity contribution in [2.75, 3.05) is 31.5 Å². The summed E-state index contributed by atoms with van der Waals surface area (Å²) in [7, 11) is -3.94. The third-order valence-electron chi connectivity index (χ3n) is 6.83. The van der Waals surface area contributed by atoms with Crippen LogP contribution >= 0.6 is 0 Å². The maximum atomic E-state index is 13.5. The van der Waals surface area contributed by atoms with Crippen LogP contribution in [0, 0.1) is 22.0 Å². The molecule has 4 unspecified atom stereocenters. The van der Waals surface area contributed by atoms with Crippen LogP contribution < -0.4 is 21.2 Å². The summed E-state index contributed by atoms with van der Waals surface area (Å²) in [5.41, 5.74) is 8.78. The lowest BCUT2D eigenvalue weighted by atomic mass is 9.92. The number of benzene rings is 1. The maximum Gasteiger partial charge on any atom is 0.320 e. The van der Waals surface area contributed by atoms with Gasteiger partial charge in [0.1, 0.15) is 10.9 Å². The topological polar surface area (TPSA) is 192 Å². The number of likely N-dealkylation sites (tertiary alicyclic amines) is 1. The number of rotatable bonds is 11. The first-order valence-corrected chi connectivity index (χ1v) is 14.0. The lowest BCUT2D eigenvalue weighted by Gasteiger charge is -2.38. The molecule has 37 heavy (non-hydrogen) atoms. The van der Waals surface area contributed by atoms with Gasteiger partial charge in [-0.1, -0.05) is 31.4 Å². The largest absolute Gasteiger partial charge is 0.480 e. The summed E-state index contributed by atoms with van der Waals surface area (Å²) in [6.07, 6.45) is 2.82. The second-order valence-electron chi connectivity index (χ2n) is 10.1. The van der Waals surface area contributed by atoms with Crippen LogP contribution in [-0.4, -0.2) is 73.6 Å². The Labute approximate surface area is 217 Å². The number of hydrogen-bond donors (Lipinski definition) is 5. The van der Waals surface area contributed by atoms with Gasteiger partial charge in [-0.25, -0.2) is 28.2 Å². The molecule has 6 N–H and O–H groups in total. The summed E-state index contributed by atoms with van der Waals surface area (Å²) in [5.74, 6) is -0.609. The summed E-state index contributed by atoms with van der Waals surface area (Å²) in [6, 6.07) is 3.93. The summed E-state index contributed by atoms with van der Waals surface area (Å²) in [6.45, 7) is 5.70. The van der Waals surface area contributed by atoms with Gasteiger partial charge in [-0.05, 0) is 62.1 Å². The molecule has 0 aliphatic carbocycles. The minimum Gasteiger partial charge on any atom is -0.480 e. The fourth-order valence-corrected chi connectivity index (χ4v) is 6.47. The number of nitrogens with one attached hydrogen (secondary N) is 3. The van der Waals surface area contributed by atoms with E-state index in [0.29, 0.717) is 44.0 Å². The number of aliphatic imine (C=N–C) groups is 1. The van der Waals surface area contributed by atoms with Crippen molar-refractivity contribution in [2.24, 2.45) is 22.6 Å². The monoisotopic (exact) mass is 539 g/mol. The van der Waals surface area contributed by atoms with E-state index in [-0.39, 0.29) is 29.9 Å². The first-order valence-electron chi connectivity index (χ1n) is 12.5. The highest BCUT2D eigenvalue weighted by atomic mass is 32.2. The van der Waals surface area contributed by atoms with Gasteiger partial charge in [0, 0.05) is 25.7 Å². The van der Waals surface area contributed by atoms with Crippen molar-refractivity contribution >= 4 is 27.6 Å². The molecule has 3 rings (SSSR count). The first kappa shape index (κ1) is 28.6. The molecule has 0 spiro atoms. The molecule has 0 radical (unpaired) electrons. The molecule has 1 fully saturated rings. The van der Waals surface area contributed by atoms with Gasteiger partial charge in [0.2, 0.25) is 10.0 Å². The van der Waals surface area contributed by atoms with E-state index in [9.17, 15) is 28.4 Å². The SMILES string of the molecule is CC1CNc2c(cccc2S(=O)(=O)NC(CCCN=C(N)N[N+](=O)[O-])CN2CCC(C)CC2C(=O)O)C1. The average Bonchev–Trinajstić information content (AvgIpc) is 2.81. The van der Waals surface area contributed by atoms with Gasteiger partial charge in [0.05, 0.1) is 5.69 Å². The quantitative estimate of drug-likeness (QED) is 0.0890. The van der Waals surface area contributed by atoms with Gasteiger partial charge in [-0.15, -0.1) is 0 Å². The minimum absolute atomic E-state index is 0.143. The minimum atomic E-state index is -3.94. The number of aliphatic carboxylic acids is 1. The van der Waals surface area contributed by atoms with Crippen molar-refractivity contribution in [3.63, 3.8) is 0 Å². The van der Waals surface area contributed by atoms with Gasteiger partial charge in [0.25, 0.3) is 5.96 Å². The molecule has 206 valence electrons. The zero-order valence-electron chi connectivity index (χ0n) is 21.2. The summed E-state index contributed by atoms with van der Waals surface area (Å²) in [4.78, 5) is 28.3. The zero-order valence-corrected chi connectivity index (χ0v) is 22.0. The van der Waals surface area contributed by atoms with Gasteiger partial charge >= 0.3 is 5.97 Å². The third kappa shape index (κ3) is 8.01. The van der Waals surface area contributed by atoms with Crippen molar-refractivity contribution in [3.8, 4) is 0 Å². The second-order valence-corrected chi connectivity index (χ2v) is 11.7. The van der Waals surface area contributed by atoms with E-state index in [2.05, 4.69) is 22.0 Å². The maximum absolute atomic E-state index is 13.5. The van der Waals surface area contributed by atoms with E-state index < -0.39 is 33.1 Å². The van der Waals surface area contributed by atoms with Gasteiger partial charge < -0.3 is 16.2 Å². The second kappa shape index (κ2) is 12.5. The van der Waals surface area contributed by atoms with E-state index in [1.807, 2.05) is 17.9 Å². The van der Waals surface area contributed by atoms with E-state index in [4.69, 9.17) is 5.73 Å². The van der Waals surface area contributed by atoms with Crippen molar-refractivity contribution in [2.45, 2.75) is 62.9 Å². The number of para-hydroxylation sites is 1. The Balaban J connectivity index is 1.79. The van der Waals surface area contributed by atoms with Crippen LogP contribution in [0.15, 0.2) is 28.1 Å². The number of nitrogens with two attached hydrogens (primary N) is 1. The van der Waals surface area contributed by atoms with E-state index >= 15 is 0 Å². The highest BCUT2D eigenvalue weighted by Crippen LogP contribution is 2.31. The number of hydrazine groups is 1. The molecule has 0 amide bonds. The summed E-state index contributed by atoms with van der Waals surface area (Å²) in [5, 5.41) is 22.7. The molecule has 14 heteroatoms.